The molecule has 104 valence electrons. The van der Waals surface area contributed by atoms with Gasteiger partial charge < -0.3 is 25.5 Å². The van der Waals surface area contributed by atoms with Crippen molar-refractivity contribution in [1.82, 2.24) is 19.5 Å². The highest BCUT2D eigenvalue weighted by Gasteiger charge is 2.14. The van der Waals surface area contributed by atoms with Crippen molar-refractivity contribution in [3.05, 3.63) is 6.33 Å². The normalized spacial score (nSPS) is 11.5. The molecule has 0 atom stereocenters. The zero-order valence-corrected chi connectivity index (χ0v) is 11.0. The number of nitrogens with zero attached hydrogens (tertiary/aromatic N) is 4. The van der Waals surface area contributed by atoms with Crippen LogP contribution in [0.2, 0.25) is 0 Å². The minimum Gasteiger partial charge on any atom is -0.382 e. The summed E-state index contributed by atoms with van der Waals surface area (Å²) in [6.45, 7) is 5.42. The number of ether oxygens (including phenoxy) is 2. The third-order valence-electron chi connectivity index (χ3n) is 2.56. The summed E-state index contributed by atoms with van der Waals surface area (Å²) < 4.78 is 12.8. The van der Waals surface area contributed by atoms with Crippen molar-refractivity contribution in [2.75, 3.05) is 24.7 Å². The number of hydrogen-bond acceptors (Lipinski definition) is 7. The molecule has 19 heavy (non-hydrogen) atoms. The zero-order valence-electron chi connectivity index (χ0n) is 11.0. The average molecular weight is 266 g/mol. The fourth-order valence-electron chi connectivity index (χ4n) is 1.80. The maximum Gasteiger partial charge on any atom is 0.224 e. The Hall–Kier alpha value is -1.93. The van der Waals surface area contributed by atoms with Crippen molar-refractivity contribution in [1.29, 1.82) is 0 Å². The summed E-state index contributed by atoms with van der Waals surface area (Å²) >= 11 is 0. The molecular weight excluding hydrogens is 248 g/mol. The van der Waals surface area contributed by atoms with Gasteiger partial charge >= 0.3 is 0 Å². The number of hydrogen-bond donors (Lipinski definition) is 2. The summed E-state index contributed by atoms with van der Waals surface area (Å²) in [5.41, 5.74) is 12.5. The minimum atomic E-state index is -0.357. The van der Waals surface area contributed by atoms with E-state index in [-0.39, 0.29) is 18.1 Å². The minimum absolute atomic E-state index is 0.121. The van der Waals surface area contributed by atoms with Crippen LogP contribution < -0.4 is 11.5 Å². The van der Waals surface area contributed by atoms with Crippen molar-refractivity contribution in [3.63, 3.8) is 0 Å². The van der Waals surface area contributed by atoms with Crippen molar-refractivity contribution < 1.29 is 9.47 Å². The lowest BCUT2D eigenvalue weighted by molar-refractivity contribution is -0.143. The molecule has 0 aliphatic carbocycles. The molecule has 2 rings (SSSR count). The van der Waals surface area contributed by atoms with Crippen LogP contribution in [0, 0.1) is 0 Å². The molecule has 0 radical (unpaired) electrons. The molecular formula is C11H18N6O2. The fourth-order valence-corrected chi connectivity index (χ4v) is 1.80. The summed E-state index contributed by atoms with van der Waals surface area (Å²) in [5.74, 6) is 0.390. The van der Waals surface area contributed by atoms with Crippen LogP contribution in [-0.2, 0) is 16.0 Å². The van der Waals surface area contributed by atoms with Gasteiger partial charge in [-0.05, 0) is 13.8 Å². The van der Waals surface area contributed by atoms with E-state index in [1.807, 2.05) is 13.8 Å². The number of anilines is 2. The first-order chi connectivity index (χ1) is 9.15. The maximum atomic E-state index is 5.75. The molecule has 2 aromatic rings. The monoisotopic (exact) mass is 266 g/mol. The Bertz CT molecular complexity index is 549. The van der Waals surface area contributed by atoms with E-state index in [9.17, 15) is 0 Å². The predicted molar refractivity (Wildman–Crippen MR) is 71.2 cm³/mol. The van der Waals surface area contributed by atoms with E-state index in [2.05, 4.69) is 15.0 Å². The van der Waals surface area contributed by atoms with Crippen LogP contribution in [0.1, 0.15) is 13.8 Å². The maximum absolute atomic E-state index is 5.75. The van der Waals surface area contributed by atoms with Gasteiger partial charge in [-0.3, -0.25) is 0 Å². The molecule has 2 heterocycles. The highest BCUT2D eigenvalue weighted by atomic mass is 16.7. The van der Waals surface area contributed by atoms with Gasteiger partial charge in [-0.15, -0.1) is 0 Å². The Kier molecular flexibility index (Phi) is 4.13. The number of fused-ring (bicyclic) bond motifs is 1. The van der Waals surface area contributed by atoms with E-state index < -0.39 is 0 Å². The van der Waals surface area contributed by atoms with Gasteiger partial charge in [-0.25, -0.2) is 4.98 Å². The van der Waals surface area contributed by atoms with Gasteiger partial charge in [0.2, 0.25) is 5.95 Å². The number of rotatable bonds is 6. The lowest BCUT2D eigenvalue weighted by Gasteiger charge is -2.17. The first kappa shape index (κ1) is 13.5. The number of nitrogen functional groups attached to an aromatic ring is 2. The Labute approximate surface area is 110 Å². The van der Waals surface area contributed by atoms with E-state index >= 15 is 0 Å². The quantitative estimate of drug-likeness (QED) is 0.727. The van der Waals surface area contributed by atoms with Crippen molar-refractivity contribution in [3.8, 4) is 0 Å². The van der Waals surface area contributed by atoms with Crippen LogP contribution >= 0.6 is 0 Å². The largest absolute Gasteiger partial charge is 0.382 e. The third kappa shape index (κ3) is 2.91. The van der Waals surface area contributed by atoms with Crippen molar-refractivity contribution >= 4 is 22.9 Å². The van der Waals surface area contributed by atoms with Gasteiger partial charge in [0, 0.05) is 13.2 Å². The molecule has 2 aromatic heterocycles. The van der Waals surface area contributed by atoms with Crippen LogP contribution in [0.15, 0.2) is 6.33 Å². The van der Waals surface area contributed by atoms with E-state index in [0.29, 0.717) is 30.9 Å². The molecule has 0 bridgehead atoms. The Morgan fingerprint density at radius 2 is 1.89 bits per heavy atom. The van der Waals surface area contributed by atoms with Gasteiger partial charge in [0.15, 0.2) is 17.8 Å². The van der Waals surface area contributed by atoms with Crippen LogP contribution in [-0.4, -0.2) is 39.0 Å². The summed E-state index contributed by atoms with van der Waals surface area (Å²) in [7, 11) is 0. The van der Waals surface area contributed by atoms with Gasteiger partial charge in [0.05, 0.1) is 12.9 Å². The molecule has 0 saturated carbocycles. The molecule has 0 fully saturated rings. The highest BCUT2D eigenvalue weighted by Crippen LogP contribution is 2.17. The molecule has 0 aliphatic rings. The van der Waals surface area contributed by atoms with Gasteiger partial charge in [0.1, 0.15) is 5.52 Å². The fraction of sp³-hybridized carbons (Fsp3) is 0.545. The van der Waals surface area contributed by atoms with Crippen LogP contribution in [0.3, 0.4) is 0 Å². The first-order valence-corrected chi connectivity index (χ1v) is 6.12. The molecule has 0 spiro atoms. The zero-order chi connectivity index (χ0) is 13.8. The van der Waals surface area contributed by atoms with Crippen LogP contribution in [0.25, 0.3) is 11.2 Å². The first-order valence-electron chi connectivity index (χ1n) is 6.12. The third-order valence-corrected chi connectivity index (χ3v) is 2.56. The van der Waals surface area contributed by atoms with E-state index in [1.165, 1.54) is 0 Å². The molecule has 0 aliphatic heterocycles. The summed E-state index contributed by atoms with van der Waals surface area (Å²) in [4.78, 5) is 12.2. The molecule has 0 unspecified atom stereocenters. The van der Waals surface area contributed by atoms with Crippen LogP contribution in [0.4, 0.5) is 11.8 Å². The molecule has 0 saturated heterocycles. The van der Waals surface area contributed by atoms with E-state index in [4.69, 9.17) is 20.9 Å². The number of imidazole rings is 1. The standard InChI is InChI=1S/C11H18N6O2/c1-3-18-7(19-4-2)5-17-6-14-8-9(12)15-11(13)16-10(8)17/h6-7H,3-5H2,1-2H3,(H4,12,13,15,16). The highest BCUT2D eigenvalue weighted by molar-refractivity contribution is 5.82. The topological polar surface area (TPSA) is 114 Å². The van der Waals surface area contributed by atoms with Crippen LogP contribution in [0.5, 0.6) is 0 Å². The Morgan fingerprint density at radius 1 is 1.21 bits per heavy atom. The summed E-state index contributed by atoms with van der Waals surface area (Å²) in [6.07, 6.45) is 1.27. The number of aromatic nitrogens is 4. The molecule has 0 amide bonds. The van der Waals surface area contributed by atoms with E-state index in [0.717, 1.165) is 0 Å². The molecule has 4 N–H and O–H groups in total. The smallest absolute Gasteiger partial charge is 0.224 e. The lowest BCUT2D eigenvalue weighted by Crippen LogP contribution is -2.23. The van der Waals surface area contributed by atoms with E-state index in [1.54, 1.807) is 10.9 Å². The second kappa shape index (κ2) is 5.81. The molecule has 8 heteroatoms. The van der Waals surface area contributed by atoms with Gasteiger partial charge in [0.25, 0.3) is 0 Å². The van der Waals surface area contributed by atoms with Crippen molar-refractivity contribution in [2.24, 2.45) is 0 Å². The van der Waals surface area contributed by atoms with Gasteiger partial charge in [-0.2, -0.15) is 9.97 Å². The summed E-state index contributed by atoms with van der Waals surface area (Å²) in [6, 6.07) is 0. The Balaban J connectivity index is 2.29. The van der Waals surface area contributed by atoms with Gasteiger partial charge in [-0.1, -0.05) is 0 Å². The second-order valence-corrected chi connectivity index (χ2v) is 3.88. The van der Waals surface area contributed by atoms with Crippen molar-refractivity contribution in [2.45, 2.75) is 26.7 Å². The average Bonchev–Trinajstić information content (AvgIpc) is 2.73. The SMILES string of the molecule is CCOC(Cn1cnc2c(N)nc(N)nc21)OCC. The lowest BCUT2D eigenvalue weighted by atomic mass is 10.5. The Morgan fingerprint density at radius 3 is 2.53 bits per heavy atom. The summed E-state index contributed by atoms with van der Waals surface area (Å²) in [5, 5.41) is 0. The predicted octanol–water partition coefficient (Wildman–Crippen LogP) is 0.390. The molecule has 0 aromatic carbocycles. The second-order valence-electron chi connectivity index (χ2n) is 3.88. The molecule has 8 nitrogen and oxygen atoms in total. The number of nitrogens with two attached hydrogens (primary N) is 2.